The van der Waals surface area contributed by atoms with Crippen LogP contribution in [0.1, 0.15) is 32.6 Å². The number of aliphatic hydroxyl groups is 1. The van der Waals surface area contributed by atoms with Crippen LogP contribution in [0.3, 0.4) is 0 Å². The van der Waals surface area contributed by atoms with E-state index in [1.807, 2.05) is 24.3 Å². The van der Waals surface area contributed by atoms with Crippen molar-refractivity contribution in [3.8, 4) is 0 Å². The molecule has 1 saturated carbocycles. The highest BCUT2D eigenvalue weighted by Crippen LogP contribution is 2.35. The first-order chi connectivity index (χ1) is 10.6. The van der Waals surface area contributed by atoms with Crippen LogP contribution in [0.2, 0.25) is 0 Å². The third-order valence-electron chi connectivity index (χ3n) is 4.81. The largest absolute Gasteiger partial charge is 0.392 e. The van der Waals surface area contributed by atoms with Gasteiger partial charge in [-0.15, -0.1) is 0 Å². The Morgan fingerprint density at radius 3 is 3.09 bits per heavy atom. The molecule has 1 amide bonds. The molecule has 0 unspecified atom stereocenters. The summed E-state index contributed by atoms with van der Waals surface area (Å²) < 4.78 is 1.71. The number of aromatic nitrogens is 2. The molecular formula is C17H23N3O2. The van der Waals surface area contributed by atoms with Gasteiger partial charge in [-0.3, -0.25) is 9.48 Å². The molecular weight excluding hydrogens is 278 g/mol. The zero-order chi connectivity index (χ0) is 15.6. The molecule has 1 aromatic carbocycles. The molecule has 2 aromatic rings. The molecule has 0 aliphatic heterocycles. The lowest BCUT2D eigenvalue weighted by Crippen LogP contribution is -2.45. The first kappa shape index (κ1) is 15.0. The zero-order valence-electron chi connectivity index (χ0n) is 13.0. The Labute approximate surface area is 130 Å². The molecule has 0 saturated heterocycles. The molecule has 5 nitrogen and oxygen atoms in total. The molecule has 1 fully saturated rings. The minimum absolute atomic E-state index is 0.0622. The van der Waals surface area contributed by atoms with E-state index < -0.39 is 0 Å². The van der Waals surface area contributed by atoms with Crippen molar-refractivity contribution in [3.05, 3.63) is 30.5 Å². The Morgan fingerprint density at radius 2 is 2.27 bits per heavy atom. The normalized spacial score (nSPS) is 25.3. The first-order valence-corrected chi connectivity index (χ1v) is 7.94. The predicted octanol–water partition coefficient (Wildman–Crippen LogP) is 2.09. The van der Waals surface area contributed by atoms with E-state index in [1.54, 1.807) is 10.9 Å². The number of fused-ring (bicyclic) bond motifs is 1. The van der Waals surface area contributed by atoms with E-state index in [2.05, 4.69) is 17.3 Å². The third-order valence-corrected chi connectivity index (χ3v) is 4.81. The standard InChI is InChI=1S/C17H23N3O2/c1-17(9-5-4-8-15(17)21)12-18-16(22)11-20-14-7-3-2-6-13(14)10-19-20/h2-3,6-7,10,15,21H,4-5,8-9,11-12H2,1H3,(H,18,22)/t15-,17+/m1/s1. The molecule has 5 heteroatoms. The van der Waals surface area contributed by atoms with E-state index in [0.29, 0.717) is 6.54 Å². The van der Waals surface area contributed by atoms with E-state index in [0.717, 1.165) is 36.6 Å². The van der Waals surface area contributed by atoms with Gasteiger partial charge in [-0.05, 0) is 18.9 Å². The van der Waals surface area contributed by atoms with Crippen LogP contribution in [0.25, 0.3) is 10.9 Å². The minimum Gasteiger partial charge on any atom is -0.392 e. The van der Waals surface area contributed by atoms with Crippen molar-refractivity contribution >= 4 is 16.8 Å². The van der Waals surface area contributed by atoms with Crippen molar-refractivity contribution in [2.75, 3.05) is 6.54 Å². The smallest absolute Gasteiger partial charge is 0.241 e. The SMILES string of the molecule is C[C@@]1(CNC(=O)Cn2ncc3ccccc32)CCCC[C@H]1O. The molecule has 0 bridgehead atoms. The number of hydrogen-bond donors (Lipinski definition) is 2. The summed E-state index contributed by atoms with van der Waals surface area (Å²) >= 11 is 0. The van der Waals surface area contributed by atoms with Gasteiger partial charge in [0.1, 0.15) is 6.54 Å². The number of carbonyl (C=O) groups is 1. The van der Waals surface area contributed by atoms with Gasteiger partial charge in [-0.2, -0.15) is 5.10 Å². The number of carbonyl (C=O) groups excluding carboxylic acids is 1. The van der Waals surface area contributed by atoms with Crippen LogP contribution in [0.4, 0.5) is 0 Å². The monoisotopic (exact) mass is 301 g/mol. The highest BCUT2D eigenvalue weighted by molar-refractivity contribution is 5.81. The van der Waals surface area contributed by atoms with Crippen LogP contribution in [0.15, 0.2) is 30.5 Å². The second-order valence-electron chi connectivity index (χ2n) is 6.55. The lowest BCUT2D eigenvalue weighted by Gasteiger charge is -2.38. The average Bonchev–Trinajstić information content (AvgIpc) is 2.92. The summed E-state index contributed by atoms with van der Waals surface area (Å²) in [7, 11) is 0. The summed E-state index contributed by atoms with van der Waals surface area (Å²) in [5.41, 5.74) is 0.752. The van der Waals surface area contributed by atoms with Gasteiger partial charge in [0, 0.05) is 17.3 Å². The minimum atomic E-state index is -0.327. The van der Waals surface area contributed by atoms with Crippen molar-refractivity contribution in [3.63, 3.8) is 0 Å². The van der Waals surface area contributed by atoms with Crippen LogP contribution < -0.4 is 5.32 Å². The summed E-state index contributed by atoms with van der Waals surface area (Å²) in [6, 6.07) is 7.84. The van der Waals surface area contributed by atoms with Crippen LogP contribution in [0, 0.1) is 5.41 Å². The van der Waals surface area contributed by atoms with Gasteiger partial charge in [-0.1, -0.05) is 38.0 Å². The molecule has 1 aliphatic carbocycles. The van der Waals surface area contributed by atoms with Gasteiger partial charge in [-0.25, -0.2) is 0 Å². The average molecular weight is 301 g/mol. The molecule has 1 heterocycles. The Hall–Kier alpha value is -1.88. The number of hydrogen-bond acceptors (Lipinski definition) is 3. The van der Waals surface area contributed by atoms with Crippen LogP contribution >= 0.6 is 0 Å². The maximum absolute atomic E-state index is 12.2. The Morgan fingerprint density at radius 1 is 1.45 bits per heavy atom. The number of rotatable bonds is 4. The lowest BCUT2D eigenvalue weighted by atomic mass is 9.73. The Balaban J connectivity index is 1.61. The second kappa shape index (κ2) is 6.08. The maximum Gasteiger partial charge on any atom is 0.241 e. The molecule has 118 valence electrons. The predicted molar refractivity (Wildman–Crippen MR) is 85.3 cm³/mol. The molecule has 1 aromatic heterocycles. The van der Waals surface area contributed by atoms with E-state index in [9.17, 15) is 9.90 Å². The molecule has 0 spiro atoms. The van der Waals surface area contributed by atoms with Crippen LogP contribution in [-0.4, -0.2) is 33.4 Å². The summed E-state index contributed by atoms with van der Waals surface area (Å²) in [4.78, 5) is 12.2. The number of nitrogens with zero attached hydrogens (tertiary/aromatic N) is 2. The van der Waals surface area contributed by atoms with Crippen molar-refractivity contribution in [2.45, 2.75) is 45.3 Å². The van der Waals surface area contributed by atoms with Crippen LogP contribution in [-0.2, 0) is 11.3 Å². The lowest BCUT2D eigenvalue weighted by molar-refractivity contribution is -0.123. The summed E-state index contributed by atoms with van der Waals surface area (Å²) in [5.74, 6) is -0.0622. The highest BCUT2D eigenvalue weighted by Gasteiger charge is 2.35. The number of amides is 1. The van der Waals surface area contributed by atoms with Gasteiger partial charge >= 0.3 is 0 Å². The van der Waals surface area contributed by atoms with Crippen LogP contribution in [0.5, 0.6) is 0 Å². The molecule has 0 radical (unpaired) electrons. The topological polar surface area (TPSA) is 67.2 Å². The Kier molecular flexibility index (Phi) is 4.16. The summed E-state index contributed by atoms with van der Waals surface area (Å²) in [6.45, 7) is 2.78. The Bertz CT molecular complexity index is 667. The maximum atomic E-state index is 12.2. The van der Waals surface area contributed by atoms with E-state index in [-0.39, 0.29) is 24.0 Å². The molecule has 2 atom stereocenters. The fraction of sp³-hybridized carbons (Fsp3) is 0.529. The zero-order valence-corrected chi connectivity index (χ0v) is 13.0. The van der Waals surface area contributed by atoms with Gasteiger partial charge in [0.2, 0.25) is 5.91 Å². The third kappa shape index (κ3) is 2.99. The molecule has 22 heavy (non-hydrogen) atoms. The first-order valence-electron chi connectivity index (χ1n) is 7.94. The summed E-state index contributed by atoms with van der Waals surface area (Å²) in [6.07, 6.45) is 5.42. The summed E-state index contributed by atoms with van der Waals surface area (Å²) in [5, 5.41) is 18.4. The van der Waals surface area contributed by atoms with Crippen molar-refractivity contribution in [1.82, 2.24) is 15.1 Å². The van der Waals surface area contributed by atoms with Crippen molar-refractivity contribution in [2.24, 2.45) is 5.41 Å². The highest BCUT2D eigenvalue weighted by atomic mass is 16.3. The van der Waals surface area contributed by atoms with E-state index in [1.165, 1.54) is 0 Å². The van der Waals surface area contributed by atoms with Crippen molar-refractivity contribution < 1.29 is 9.90 Å². The number of para-hydroxylation sites is 1. The number of benzene rings is 1. The quantitative estimate of drug-likeness (QED) is 0.908. The fourth-order valence-electron chi connectivity index (χ4n) is 3.23. The van der Waals surface area contributed by atoms with Gasteiger partial charge in [0.25, 0.3) is 0 Å². The van der Waals surface area contributed by atoms with E-state index >= 15 is 0 Å². The van der Waals surface area contributed by atoms with Crippen molar-refractivity contribution in [1.29, 1.82) is 0 Å². The number of nitrogens with one attached hydrogen (secondary N) is 1. The van der Waals surface area contributed by atoms with E-state index in [4.69, 9.17) is 0 Å². The van der Waals surface area contributed by atoms with Gasteiger partial charge < -0.3 is 10.4 Å². The second-order valence-corrected chi connectivity index (χ2v) is 6.55. The molecule has 2 N–H and O–H groups in total. The van der Waals surface area contributed by atoms with Gasteiger partial charge in [0.05, 0.1) is 17.8 Å². The molecule has 3 rings (SSSR count). The number of aliphatic hydroxyl groups excluding tert-OH is 1. The van der Waals surface area contributed by atoms with Gasteiger partial charge in [0.15, 0.2) is 0 Å². The fourth-order valence-corrected chi connectivity index (χ4v) is 3.23. The molecule has 1 aliphatic rings.